The van der Waals surface area contributed by atoms with E-state index in [0.717, 1.165) is 15.2 Å². The predicted molar refractivity (Wildman–Crippen MR) is 73.4 cm³/mol. The zero-order valence-electron chi connectivity index (χ0n) is 13.2. The van der Waals surface area contributed by atoms with E-state index in [4.69, 9.17) is 16.8 Å². The van der Waals surface area contributed by atoms with E-state index in [1.807, 2.05) is 33.8 Å². The molecule has 0 saturated carbocycles. The van der Waals surface area contributed by atoms with E-state index < -0.39 is 6.56 Å². The summed E-state index contributed by atoms with van der Waals surface area (Å²) in [6, 6.07) is 2.00. The minimum Gasteiger partial charge on any atom is -0.399 e. The van der Waals surface area contributed by atoms with Crippen molar-refractivity contribution < 1.29 is 16.8 Å². The molecule has 3 nitrogen and oxygen atoms in total. The molecule has 1 aromatic heterocycles. The largest absolute Gasteiger partial charge is 0.505 e. The van der Waals surface area contributed by atoms with Crippen molar-refractivity contribution in [1.82, 2.24) is 0 Å². The quantitative estimate of drug-likeness (QED) is 0.730. The highest BCUT2D eigenvalue weighted by molar-refractivity contribution is 7.22. The number of fused-ring (bicyclic) bond motifs is 1. The number of aryl methyl sites for hydroxylation is 1. The van der Waals surface area contributed by atoms with Gasteiger partial charge in [0.15, 0.2) is 0 Å². The molecule has 0 radical (unpaired) electrons. The maximum atomic E-state index is 7.69. The monoisotopic (exact) mass is 268 g/mol. The molecule has 1 aromatic rings. The Morgan fingerprint density at radius 1 is 1.28 bits per heavy atom. The van der Waals surface area contributed by atoms with Gasteiger partial charge in [-0.2, -0.15) is 0 Å². The van der Waals surface area contributed by atoms with Crippen LogP contribution in [0.15, 0.2) is 6.07 Å². The van der Waals surface area contributed by atoms with Crippen molar-refractivity contribution in [2.75, 3.05) is 6.56 Å². The lowest BCUT2D eigenvalue weighted by Crippen LogP contribution is -2.41. The summed E-state index contributed by atoms with van der Waals surface area (Å²) in [5, 5.41) is 0. The molecule has 0 aromatic carbocycles. The summed E-state index contributed by atoms with van der Waals surface area (Å²) in [6.07, 6.45) is 0.290. The average molecular weight is 268 g/mol. The summed E-state index contributed by atoms with van der Waals surface area (Å²) >= 11 is 1.59. The molecule has 98 valence electrons. The van der Waals surface area contributed by atoms with Crippen LogP contribution in [0.2, 0.25) is 0 Å². The van der Waals surface area contributed by atoms with Gasteiger partial charge in [0.25, 0.3) is 0 Å². The van der Waals surface area contributed by atoms with Crippen molar-refractivity contribution in [3.63, 3.8) is 0 Å². The third-order valence-corrected chi connectivity index (χ3v) is 5.14. The van der Waals surface area contributed by atoms with E-state index in [0.29, 0.717) is 13.0 Å². The molecular weight excluding hydrogens is 247 g/mol. The van der Waals surface area contributed by atoms with Gasteiger partial charge >= 0.3 is 7.12 Å². The Labute approximate surface area is 115 Å². The Morgan fingerprint density at radius 2 is 1.94 bits per heavy atom. The van der Waals surface area contributed by atoms with Gasteiger partial charge in [-0.15, -0.1) is 11.3 Å². The van der Waals surface area contributed by atoms with Gasteiger partial charge in [0, 0.05) is 9.65 Å². The number of hydrogen-bond acceptors (Lipinski definition) is 4. The third-order valence-electron chi connectivity index (χ3n) is 3.97. The Morgan fingerprint density at radius 3 is 2.61 bits per heavy atom. The molecule has 2 aliphatic heterocycles. The molecule has 5 heteroatoms. The van der Waals surface area contributed by atoms with Gasteiger partial charge in [0.2, 0.25) is 0 Å². The standard InChI is InChI=1S/C13H19BO3S/c1-12(2)13(3,4)17-14(16-12)11-7-9-5-6-15-8-10(9)18-11/h7H,5-6,8H2,1-4H3/i6D2. The van der Waals surface area contributed by atoms with Crippen molar-refractivity contribution in [3.8, 4) is 0 Å². The van der Waals surface area contributed by atoms with Gasteiger partial charge < -0.3 is 14.0 Å². The molecule has 3 rings (SSSR count). The molecule has 1 fully saturated rings. The molecule has 0 N–H and O–H groups in total. The fraction of sp³-hybridized carbons (Fsp3) is 0.692. The van der Waals surface area contributed by atoms with Gasteiger partial charge in [-0.1, -0.05) is 0 Å². The highest BCUT2D eigenvalue weighted by Gasteiger charge is 2.52. The van der Waals surface area contributed by atoms with Crippen molar-refractivity contribution in [2.45, 2.75) is 51.9 Å². The summed E-state index contributed by atoms with van der Waals surface area (Å²) in [4.78, 5) is 1.07. The first kappa shape index (κ1) is 10.4. The minimum atomic E-state index is -1.57. The van der Waals surface area contributed by atoms with E-state index in [2.05, 4.69) is 0 Å². The van der Waals surface area contributed by atoms with Gasteiger partial charge in [-0.25, -0.2) is 0 Å². The summed E-state index contributed by atoms with van der Waals surface area (Å²) in [5.74, 6) is 0. The normalized spacial score (nSPS) is 29.7. The predicted octanol–water partition coefficient (Wildman–Crippen LogP) is 2.12. The van der Waals surface area contributed by atoms with E-state index in [1.54, 1.807) is 11.3 Å². The van der Waals surface area contributed by atoms with Crippen LogP contribution in [-0.2, 0) is 27.1 Å². The van der Waals surface area contributed by atoms with Crippen LogP contribution in [-0.4, -0.2) is 24.9 Å². The fourth-order valence-electron chi connectivity index (χ4n) is 2.08. The lowest BCUT2D eigenvalue weighted by molar-refractivity contribution is 0.00578. The van der Waals surface area contributed by atoms with Crippen LogP contribution < -0.4 is 4.78 Å². The maximum Gasteiger partial charge on any atom is 0.505 e. The summed E-state index contributed by atoms with van der Waals surface area (Å²) in [6.45, 7) is 6.88. The second-order valence-corrected chi connectivity index (χ2v) is 6.96. The first-order valence-electron chi connectivity index (χ1n) is 7.21. The van der Waals surface area contributed by atoms with Gasteiger partial charge in [-0.05, 0) is 45.7 Å². The minimum absolute atomic E-state index is 0.290. The number of thiophene rings is 1. The average Bonchev–Trinajstić information content (AvgIpc) is 2.76. The van der Waals surface area contributed by atoms with Gasteiger partial charge in [0.05, 0.1) is 27.1 Å². The zero-order chi connectivity index (χ0) is 14.8. The van der Waals surface area contributed by atoms with Crippen LogP contribution in [0.25, 0.3) is 0 Å². The first-order chi connectivity index (χ1) is 9.10. The van der Waals surface area contributed by atoms with Crippen molar-refractivity contribution in [3.05, 3.63) is 16.5 Å². The van der Waals surface area contributed by atoms with E-state index in [1.165, 1.54) is 0 Å². The summed E-state index contributed by atoms with van der Waals surface area (Å²) < 4.78 is 33.7. The molecule has 1 saturated heterocycles. The van der Waals surface area contributed by atoms with Crippen LogP contribution >= 0.6 is 11.3 Å². The van der Waals surface area contributed by atoms with E-state index in [-0.39, 0.29) is 18.3 Å². The number of ether oxygens (including phenoxy) is 1. The lowest BCUT2D eigenvalue weighted by Gasteiger charge is -2.32. The zero-order valence-corrected chi connectivity index (χ0v) is 12.0. The molecule has 0 unspecified atom stereocenters. The molecule has 0 spiro atoms. The third kappa shape index (κ3) is 1.93. The van der Waals surface area contributed by atoms with E-state index in [9.17, 15) is 0 Å². The molecule has 0 bridgehead atoms. The molecule has 0 amide bonds. The first-order valence-corrected chi connectivity index (χ1v) is 7.02. The Bertz CT molecular complexity index is 526. The molecule has 0 atom stereocenters. The number of hydrogen-bond donors (Lipinski definition) is 0. The summed E-state index contributed by atoms with van der Waals surface area (Å²) in [7, 11) is -0.374. The molecule has 2 aliphatic rings. The fourth-order valence-corrected chi connectivity index (χ4v) is 3.14. The van der Waals surface area contributed by atoms with Crippen LogP contribution in [0.3, 0.4) is 0 Å². The SMILES string of the molecule is [2H]C1([2H])Cc2cc(B3OC(C)(C)C(C)(C)O3)sc2CO1. The van der Waals surface area contributed by atoms with E-state index >= 15 is 0 Å². The molecule has 18 heavy (non-hydrogen) atoms. The Kier molecular flexibility index (Phi) is 2.36. The Balaban J connectivity index is 1.86. The second kappa shape index (κ2) is 4.07. The smallest absolute Gasteiger partial charge is 0.399 e. The topological polar surface area (TPSA) is 27.7 Å². The number of rotatable bonds is 1. The highest BCUT2D eigenvalue weighted by atomic mass is 32.1. The van der Waals surface area contributed by atoms with Gasteiger partial charge in [-0.3, -0.25) is 0 Å². The lowest BCUT2D eigenvalue weighted by atomic mass is 9.87. The molecule has 0 aliphatic carbocycles. The maximum absolute atomic E-state index is 7.69. The highest BCUT2D eigenvalue weighted by Crippen LogP contribution is 2.37. The van der Waals surface area contributed by atoms with Crippen LogP contribution in [0.1, 0.15) is 40.9 Å². The second-order valence-electron chi connectivity index (χ2n) is 5.80. The molecule has 3 heterocycles. The summed E-state index contributed by atoms with van der Waals surface area (Å²) in [5.41, 5.74) is 0.302. The van der Waals surface area contributed by atoms with Gasteiger partial charge in [0.1, 0.15) is 0 Å². The van der Waals surface area contributed by atoms with Crippen LogP contribution in [0.5, 0.6) is 0 Å². The van der Waals surface area contributed by atoms with Crippen molar-refractivity contribution >= 4 is 23.2 Å². The van der Waals surface area contributed by atoms with Crippen molar-refractivity contribution in [2.24, 2.45) is 0 Å². The molecular formula is C13H19BO3S. The van der Waals surface area contributed by atoms with Crippen molar-refractivity contribution in [1.29, 1.82) is 0 Å². The van der Waals surface area contributed by atoms with Crippen LogP contribution in [0, 0.1) is 0 Å². The van der Waals surface area contributed by atoms with Crippen LogP contribution in [0.4, 0.5) is 0 Å². The Hall–Kier alpha value is -0.355.